The summed E-state index contributed by atoms with van der Waals surface area (Å²) in [7, 11) is 0. The second-order valence-corrected chi connectivity index (χ2v) is 4.61. The second-order valence-electron chi connectivity index (χ2n) is 4.17. The van der Waals surface area contributed by atoms with Crippen LogP contribution in [0.15, 0.2) is 24.3 Å². The summed E-state index contributed by atoms with van der Waals surface area (Å²) in [5.74, 6) is 0.308. The molecule has 2 N–H and O–H groups in total. The predicted molar refractivity (Wildman–Crippen MR) is 68.3 cm³/mol. The van der Waals surface area contributed by atoms with E-state index in [0.717, 1.165) is 17.1 Å². The van der Waals surface area contributed by atoms with Gasteiger partial charge in [-0.2, -0.15) is 0 Å². The van der Waals surface area contributed by atoms with E-state index in [1.807, 2.05) is 24.3 Å². The monoisotopic (exact) mass is 250 g/mol. The topological polar surface area (TPSA) is 56.7 Å². The average molecular weight is 251 g/mol. The third-order valence-electron chi connectivity index (χ3n) is 2.57. The molecule has 5 heteroatoms. The lowest BCUT2D eigenvalue weighted by Gasteiger charge is -2.10. The largest absolute Gasteiger partial charge is 0.325 e. The summed E-state index contributed by atoms with van der Waals surface area (Å²) in [5.41, 5.74) is 8.45. The van der Waals surface area contributed by atoms with Gasteiger partial charge in [-0.25, -0.2) is 4.68 Å². The van der Waals surface area contributed by atoms with Crippen LogP contribution in [0.1, 0.15) is 31.2 Å². The van der Waals surface area contributed by atoms with Crippen LogP contribution in [0.4, 0.5) is 0 Å². The van der Waals surface area contributed by atoms with Crippen molar-refractivity contribution in [3.8, 4) is 5.69 Å². The van der Waals surface area contributed by atoms with E-state index in [-0.39, 0.29) is 0 Å². The highest BCUT2D eigenvalue weighted by molar-refractivity contribution is 6.30. The number of nitrogens with zero attached hydrogens (tertiary/aromatic N) is 3. The smallest absolute Gasteiger partial charge is 0.100 e. The maximum Gasteiger partial charge on any atom is 0.100 e. The van der Waals surface area contributed by atoms with Crippen molar-refractivity contribution in [1.82, 2.24) is 15.0 Å². The van der Waals surface area contributed by atoms with Crippen LogP contribution < -0.4 is 5.73 Å². The molecule has 1 aromatic heterocycles. The van der Waals surface area contributed by atoms with Crippen LogP contribution >= 0.6 is 11.6 Å². The first kappa shape index (κ1) is 12.1. The van der Waals surface area contributed by atoms with Gasteiger partial charge in [0.15, 0.2) is 0 Å². The number of hydrogen-bond donors (Lipinski definition) is 1. The summed E-state index contributed by atoms with van der Waals surface area (Å²) >= 11 is 5.98. The molecule has 0 amide bonds. The third kappa shape index (κ3) is 2.33. The molecule has 0 bridgehead atoms. The van der Waals surface area contributed by atoms with Crippen molar-refractivity contribution in [2.45, 2.75) is 26.3 Å². The van der Waals surface area contributed by atoms with Crippen molar-refractivity contribution in [2.75, 3.05) is 0 Å². The highest BCUT2D eigenvalue weighted by Crippen LogP contribution is 2.22. The quantitative estimate of drug-likeness (QED) is 0.911. The predicted octanol–water partition coefficient (Wildman–Crippen LogP) is 2.50. The van der Waals surface area contributed by atoms with Gasteiger partial charge in [-0.3, -0.25) is 0 Å². The van der Waals surface area contributed by atoms with Gasteiger partial charge in [0.05, 0.1) is 11.4 Å². The van der Waals surface area contributed by atoms with Crippen molar-refractivity contribution in [3.63, 3.8) is 0 Å². The maximum absolute atomic E-state index is 5.98. The molecular weight excluding hydrogens is 236 g/mol. The molecule has 4 nitrogen and oxygen atoms in total. The van der Waals surface area contributed by atoms with Gasteiger partial charge in [0, 0.05) is 11.6 Å². The zero-order valence-electron chi connectivity index (χ0n) is 9.89. The summed E-state index contributed by atoms with van der Waals surface area (Å²) < 4.78 is 1.80. The molecule has 90 valence electrons. The molecule has 2 aromatic rings. The average Bonchev–Trinajstić information content (AvgIpc) is 2.72. The standard InChI is InChI=1S/C12H15ClN4/c1-8(2)12-11(7-14)15-16-17(12)10-5-3-4-9(13)6-10/h3-6,8H,7,14H2,1-2H3. The van der Waals surface area contributed by atoms with E-state index in [9.17, 15) is 0 Å². The van der Waals surface area contributed by atoms with Gasteiger partial charge < -0.3 is 5.73 Å². The fourth-order valence-electron chi connectivity index (χ4n) is 1.84. The van der Waals surface area contributed by atoms with E-state index >= 15 is 0 Å². The van der Waals surface area contributed by atoms with E-state index in [4.69, 9.17) is 17.3 Å². The molecule has 0 fully saturated rings. The van der Waals surface area contributed by atoms with Crippen LogP contribution in [0.25, 0.3) is 5.69 Å². The van der Waals surface area contributed by atoms with E-state index < -0.39 is 0 Å². The van der Waals surface area contributed by atoms with E-state index in [0.29, 0.717) is 17.5 Å². The summed E-state index contributed by atoms with van der Waals surface area (Å²) in [6.07, 6.45) is 0. The molecule has 0 radical (unpaired) electrons. The fraction of sp³-hybridized carbons (Fsp3) is 0.333. The molecule has 0 aliphatic rings. The Hall–Kier alpha value is -1.39. The number of nitrogens with two attached hydrogens (primary N) is 1. The van der Waals surface area contributed by atoms with Gasteiger partial charge in [0.2, 0.25) is 0 Å². The van der Waals surface area contributed by atoms with Crippen LogP contribution in [0.5, 0.6) is 0 Å². The van der Waals surface area contributed by atoms with Crippen molar-refractivity contribution in [1.29, 1.82) is 0 Å². The van der Waals surface area contributed by atoms with E-state index in [2.05, 4.69) is 24.2 Å². The van der Waals surface area contributed by atoms with E-state index in [1.165, 1.54) is 0 Å². The Morgan fingerprint density at radius 3 is 2.76 bits per heavy atom. The van der Waals surface area contributed by atoms with Crippen LogP contribution in [-0.4, -0.2) is 15.0 Å². The van der Waals surface area contributed by atoms with Gasteiger partial charge in [-0.05, 0) is 24.1 Å². The number of benzene rings is 1. The first-order valence-electron chi connectivity index (χ1n) is 5.54. The second kappa shape index (κ2) is 4.85. The number of halogens is 1. The molecule has 0 spiro atoms. The Labute approximate surface area is 105 Å². The Morgan fingerprint density at radius 1 is 1.41 bits per heavy atom. The molecule has 0 atom stereocenters. The lowest BCUT2D eigenvalue weighted by atomic mass is 10.1. The number of hydrogen-bond acceptors (Lipinski definition) is 3. The molecule has 1 aromatic carbocycles. The van der Waals surface area contributed by atoms with Crippen LogP contribution in [-0.2, 0) is 6.54 Å². The van der Waals surface area contributed by atoms with Gasteiger partial charge >= 0.3 is 0 Å². The van der Waals surface area contributed by atoms with Crippen LogP contribution in [0.3, 0.4) is 0 Å². The summed E-state index contributed by atoms with van der Waals surface area (Å²) in [6, 6.07) is 7.54. The zero-order chi connectivity index (χ0) is 12.4. The third-order valence-corrected chi connectivity index (χ3v) is 2.81. The molecule has 1 heterocycles. The molecule has 0 unspecified atom stereocenters. The van der Waals surface area contributed by atoms with Crippen molar-refractivity contribution in [3.05, 3.63) is 40.7 Å². The summed E-state index contributed by atoms with van der Waals surface area (Å²) in [5, 5.41) is 8.94. The van der Waals surface area contributed by atoms with Crippen molar-refractivity contribution >= 4 is 11.6 Å². The lowest BCUT2D eigenvalue weighted by molar-refractivity contribution is 0.714. The minimum Gasteiger partial charge on any atom is -0.325 e. The highest BCUT2D eigenvalue weighted by atomic mass is 35.5. The Bertz CT molecular complexity index is 519. The first-order valence-corrected chi connectivity index (χ1v) is 5.91. The minimum absolute atomic E-state index is 0.308. The molecular formula is C12H15ClN4. The minimum atomic E-state index is 0.308. The lowest BCUT2D eigenvalue weighted by Crippen LogP contribution is -2.07. The first-order chi connectivity index (χ1) is 8.13. The van der Waals surface area contributed by atoms with Crippen molar-refractivity contribution < 1.29 is 0 Å². The molecule has 17 heavy (non-hydrogen) atoms. The van der Waals surface area contributed by atoms with Gasteiger partial charge in [-0.15, -0.1) is 5.10 Å². The van der Waals surface area contributed by atoms with Gasteiger partial charge in [0.25, 0.3) is 0 Å². The van der Waals surface area contributed by atoms with Crippen LogP contribution in [0.2, 0.25) is 5.02 Å². The molecule has 0 aliphatic heterocycles. The summed E-state index contributed by atoms with van der Waals surface area (Å²) in [4.78, 5) is 0. The van der Waals surface area contributed by atoms with E-state index in [1.54, 1.807) is 4.68 Å². The molecule has 2 rings (SSSR count). The normalized spacial score (nSPS) is 11.1. The Morgan fingerprint density at radius 2 is 2.18 bits per heavy atom. The SMILES string of the molecule is CC(C)c1c(CN)nnn1-c1cccc(Cl)c1. The highest BCUT2D eigenvalue weighted by Gasteiger charge is 2.16. The van der Waals surface area contributed by atoms with Gasteiger partial charge in [0.1, 0.15) is 5.69 Å². The maximum atomic E-state index is 5.98. The van der Waals surface area contributed by atoms with Crippen molar-refractivity contribution in [2.24, 2.45) is 5.73 Å². The Kier molecular flexibility index (Phi) is 3.45. The summed E-state index contributed by atoms with van der Waals surface area (Å²) in [6.45, 7) is 4.59. The molecule has 0 saturated carbocycles. The number of aromatic nitrogens is 3. The molecule has 0 aliphatic carbocycles. The van der Waals surface area contributed by atoms with Gasteiger partial charge in [-0.1, -0.05) is 36.7 Å². The number of rotatable bonds is 3. The van der Waals surface area contributed by atoms with Crippen LogP contribution in [0, 0.1) is 0 Å². The fourth-order valence-corrected chi connectivity index (χ4v) is 2.03. The zero-order valence-corrected chi connectivity index (χ0v) is 10.6. The Balaban J connectivity index is 2.56. The molecule has 0 saturated heterocycles.